The van der Waals surface area contributed by atoms with Crippen LogP contribution in [0.4, 0.5) is 0 Å². The zero-order valence-corrected chi connectivity index (χ0v) is 7.82. The molecular weight excluding hydrogens is 154 g/mol. The normalized spacial score (nSPS) is 11.0. The summed E-state index contributed by atoms with van der Waals surface area (Å²) in [6, 6.07) is 0. The number of imidazole rings is 1. The third-order valence-electron chi connectivity index (χ3n) is 1.81. The van der Waals surface area contributed by atoms with Gasteiger partial charge in [0, 0.05) is 32.5 Å². The zero-order chi connectivity index (χ0) is 9.14. The first-order valence-electron chi connectivity index (χ1n) is 3.98. The minimum Gasteiger partial charge on any atom is -0.308 e. The van der Waals surface area contributed by atoms with E-state index in [1.807, 2.05) is 20.3 Å². The molecular formula is C8H15N3O. The molecule has 4 nitrogen and oxygen atoms in total. The van der Waals surface area contributed by atoms with Gasteiger partial charge in [0.25, 0.3) is 0 Å². The Morgan fingerprint density at radius 1 is 1.42 bits per heavy atom. The van der Waals surface area contributed by atoms with Gasteiger partial charge in [0.2, 0.25) is 0 Å². The van der Waals surface area contributed by atoms with E-state index in [4.69, 9.17) is 0 Å². The van der Waals surface area contributed by atoms with Gasteiger partial charge in [0.15, 0.2) is 0 Å². The van der Waals surface area contributed by atoms with Crippen molar-refractivity contribution in [3.05, 3.63) is 22.9 Å². The molecule has 0 radical (unpaired) electrons. The maximum absolute atomic E-state index is 11.3. The largest absolute Gasteiger partial charge is 0.327 e. The second-order valence-corrected chi connectivity index (χ2v) is 3.19. The van der Waals surface area contributed by atoms with E-state index in [0.29, 0.717) is 0 Å². The number of rotatable bonds is 3. The Bertz CT molecular complexity index is 297. The topological polar surface area (TPSA) is 30.2 Å². The molecule has 0 saturated heterocycles. The predicted molar refractivity (Wildman–Crippen MR) is 48.2 cm³/mol. The fourth-order valence-electron chi connectivity index (χ4n) is 0.989. The molecule has 0 N–H and O–H groups in total. The van der Waals surface area contributed by atoms with E-state index < -0.39 is 0 Å². The van der Waals surface area contributed by atoms with Gasteiger partial charge < -0.3 is 9.47 Å². The summed E-state index contributed by atoms with van der Waals surface area (Å²) in [5.41, 5.74) is 0.0526. The van der Waals surface area contributed by atoms with Crippen molar-refractivity contribution >= 4 is 0 Å². The van der Waals surface area contributed by atoms with Crippen LogP contribution < -0.4 is 5.69 Å². The monoisotopic (exact) mass is 169 g/mol. The number of hydrogen-bond acceptors (Lipinski definition) is 2. The molecule has 4 heteroatoms. The minimum absolute atomic E-state index is 0.0526. The van der Waals surface area contributed by atoms with Crippen molar-refractivity contribution in [3.8, 4) is 0 Å². The van der Waals surface area contributed by atoms with Crippen molar-refractivity contribution in [1.82, 2.24) is 14.0 Å². The Balaban J connectivity index is 2.64. The van der Waals surface area contributed by atoms with Crippen LogP contribution in [0.2, 0.25) is 0 Å². The first-order valence-corrected chi connectivity index (χ1v) is 3.98. The molecule has 0 aliphatic heterocycles. The van der Waals surface area contributed by atoms with Crippen LogP contribution in [0.25, 0.3) is 0 Å². The number of hydrogen-bond donors (Lipinski definition) is 0. The molecule has 0 spiro atoms. The van der Waals surface area contributed by atoms with E-state index in [0.717, 1.165) is 13.1 Å². The Kier molecular flexibility index (Phi) is 2.70. The summed E-state index contributed by atoms with van der Waals surface area (Å²) < 4.78 is 3.29. The molecule has 0 aliphatic rings. The summed E-state index contributed by atoms with van der Waals surface area (Å²) in [6.07, 6.45) is 3.59. The highest BCUT2D eigenvalue weighted by Gasteiger charge is 1.98. The second kappa shape index (κ2) is 3.58. The molecule has 0 aliphatic carbocycles. The van der Waals surface area contributed by atoms with Crippen molar-refractivity contribution in [3.63, 3.8) is 0 Å². The van der Waals surface area contributed by atoms with Crippen LogP contribution in [0.1, 0.15) is 0 Å². The van der Waals surface area contributed by atoms with E-state index >= 15 is 0 Å². The maximum Gasteiger partial charge on any atom is 0.327 e. The van der Waals surface area contributed by atoms with Crippen LogP contribution in [-0.4, -0.2) is 34.7 Å². The van der Waals surface area contributed by atoms with Gasteiger partial charge in [-0.2, -0.15) is 0 Å². The number of nitrogens with zero attached hydrogens (tertiary/aromatic N) is 3. The summed E-state index contributed by atoms with van der Waals surface area (Å²) in [7, 11) is 5.75. The predicted octanol–water partition coefficient (Wildman–Crippen LogP) is -0.252. The van der Waals surface area contributed by atoms with E-state index in [2.05, 4.69) is 4.90 Å². The summed E-state index contributed by atoms with van der Waals surface area (Å²) in [5, 5.41) is 0. The van der Waals surface area contributed by atoms with Gasteiger partial charge >= 0.3 is 5.69 Å². The zero-order valence-electron chi connectivity index (χ0n) is 7.82. The van der Waals surface area contributed by atoms with Gasteiger partial charge in [0.1, 0.15) is 0 Å². The number of aryl methyl sites for hydroxylation is 1. The lowest BCUT2D eigenvalue weighted by Gasteiger charge is -2.08. The Morgan fingerprint density at radius 3 is 2.50 bits per heavy atom. The van der Waals surface area contributed by atoms with Crippen LogP contribution >= 0.6 is 0 Å². The number of aromatic nitrogens is 2. The SMILES string of the molecule is CN(C)CCn1ccn(C)c1=O. The maximum atomic E-state index is 11.3. The van der Waals surface area contributed by atoms with Crippen LogP contribution in [-0.2, 0) is 13.6 Å². The van der Waals surface area contributed by atoms with E-state index in [1.165, 1.54) is 0 Å². The highest BCUT2D eigenvalue weighted by atomic mass is 16.1. The molecule has 0 bridgehead atoms. The van der Waals surface area contributed by atoms with E-state index in [9.17, 15) is 4.79 Å². The molecule has 1 aromatic rings. The molecule has 1 aromatic heterocycles. The van der Waals surface area contributed by atoms with Crippen molar-refractivity contribution < 1.29 is 0 Å². The van der Waals surface area contributed by atoms with Gasteiger partial charge in [-0.15, -0.1) is 0 Å². The van der Waals surface area contributed by atoms with E-state index in [-0.39, 0.29) is 5.69 Å². The Hall–Kier alpha value is -1.03. The lowest BCUT2D eigenvalue weighted by Crippen LogP contribution is -2.27. The molecule has 12 heavy (non-hydrogen) atoms. The molecule has 0 atom stereocenters. The van der Waals surface area contributed by atoms with Crippen molar-refractivity contribution in [2.45, 2.75) is 6.54 Å². The van der Waals surface area contributed by atoms with Crippen molar-refractivity contribution in [2.24, 2.45) is 7.05 Å². The third kappa shape index (κ3) is 1.98. The Labute approximate surface area is 72.0 Å². The molecule has 0 saturated carbocycles. The summed E-state index contributed by atoms with van der Waals surface area (Å²) in [4.78, 5) is 13.3. The number of likely N-dealkylation sites (N-methyl/N-ethyl adjacent to an activating group) is 1. The Morgan fingerprint density at radius 2 is 2.08 bits per heavy atom. The van der Waals surface area contributed by atoms with Gasteiger partial charge in [-0.05, 0) is 14.1 Å². The average molecular weight is 169 g/mol. The quantitative estimate of drug-likeness (QED) is 0.624. The fraction of sp³-hybridized carbons (Fsp3) is 0.625. The summed E-state index contributed by atoms with van der Waals surface area (Å²) >= 11 is 0. The highest BCUT2D eigenvalue weighted by Crippen LogP contribution is 1.83. The summed E-state index contributed by atoms with van der Waals surface area (Å²) in [5.74, 6) is 0. The lowest BCUT2D eigenvalue weighted by atomic mass is 10.6. The minimum atomic E-state index is 0.0526. The molecule has 0 amide bonds. The fourth-order valence-corrected chi connectivity index (χ4v) is 0.989. The smallest absolute Gasteiger partial charge is 0.308 e. The highest BCUT2D eigenvalue weighted by molar-refractivity contribution is 4.79. The first-order chi connectivity index (χ1) is 5.61. The van der Waals surface area contributed by atoms with Crippen LogP contribution in [0.15, 0.2) is 17.2 Å². The lowest BCUT2D eigenvalue weighted by molar-refractivity contribution is 0.380. The van der Waals surface area contributed by atoms with Gasteiger partial charge in [-0.3, -0.25) is 4.57 Å². The second-order valence-electron chi connectivity index (χ2n) is 3.19. The summed E-state index contributed by atoms with van der Waals surface area (Å²) in [6.45, 7) is 1.65. The molecule has 68 valence electrons. The average Bonchev–Trinajstić information content (AvgIpc) is 2.30. The third-order valence-corrected chi connectivity index (χ3v) is 1.81. The van der Waals surface area contributed by atoms with Crippen LogP contribution in [0.3, 0.4) is 0 Å². The van der Waals surface area contributed by atoms with Crippen LogP contribution in [0.5, 0.6) is 0 Å². The van der Waals surface area contributed by atoms with Gasteiger partial charge in [0.05, 0.1) is 0 Å². The van der Waals surface area contributed by atoms with Crippen molar-refractivity contribution in [2.75, 3.05) is 20.6 Å². The molecule has 0 aromatic carbocycles. The molecule has 1 heterocycles. The van der Waals surface area contributed by atoms with E-state index in [1.54, 1.807) is 22.4 Å². The first kappa shape index (κ1) is 9.06. The van der Waals surface area contributed by atoms with Gasteiger partial charge in [-0.25, -0.2) is 4.79 Å². The standard InChI is InChI=1S/C8H15N3O/c1-9(2)4-6-11-7-5-10(3)8(11)12/h5,7H,4,6H2,1-3H3. The molecule has 0 unspecified atom stereocenters. The van der Waals surface area contributed by atoms with Crippen molar-refractivity contribution in [1.29, 1.82) is 0 Å². The molecule has 1 rings (SSSR count). The van der Waals surface area contributed by atoms with Gasteiger partial charge in [-0.1, -0.05) is 0 Å². The molecule has 0 fully saturated rings. The van der Waals surface area contributed by atoms with Crippen LogP contribution in [0, 0.1) is 0 Å².